The summed E-state index contributed by atoms with van der Waals surface area (Å²) >= 11 is 0. The molecule has 0 bridgehead atoms. The van der Waals surface area contributed by atoms with Crippen LogP contribution in [0.3, 0.4) is 0 Å². The number of nitro benzene ring substituents is 1. The van der Waals surface area contributed by atoms with Crippen LogP contribution < -0.4 is 4.90 Å². The first kappa shape index (κ1) is 12.5. The molecule has 1 aromatic heterocycles. The molecule has 0 saturated carbocycles. The van der Waals surface area contributed by atoms with Crippen molar-refractivity contribution in [1.82, 2.24) is 9.97 Å². The molecule has 1 aliphatic heterocycles. The van der Waals surface area contributed by atoms with Crippen LogP contribution in [-0.4, -0.2) is 28.0 Å². The second kappa shape index (κ2) is 5.24. The van der Waals surface area contributed by atoms with Gasteiger partial charge in [-0.2, -0.15) is 0 Å². The highest BCUT2D eigenvalue weighted by Gasteiger charge is 2.16. The molecule has 3 rings (SSSR count). The van der Waals surface area contributed by atoms with E-state index < -0.39 is 4.92 Å². The van der Waals surface area contributed by atoms with Gasteiger partial charge in [0.1, 0.15) is 0 Å². The Morgan fingerprint density at radius 1 is 1.20 bits per heavy atom. The highest BCUT2D eigenvalue weighted by Crippen LogP contribution is 2.24. The maximum Gasteiger partial charge on any atom is 0.270 e. The first-order valence-electron chi connectivity index (χ1n) is 6.57. The number of nitrogens with zero attached hydrogens (tertiary/aromatic N) is 4. The van der Waals surface area contributed by atoms with Crippen LogP contribution in [0.25, 0.3) is 11.3 Å². The van der Waals surface area contributed by atoms with Gasteiger partial charge >= 0.3 is 0 Å². The molecule has 1 saturated heterocycles. The standard InChI is InChI=1S/C14H14N4O2/c19-18(20)12-5-3-4-11(10-12)13-6-7-15-14(16-13)17-8-1-2-9-17/h3-7,10H,1-2,8-9H2. The number of benzene rings is 1. The summed E-state index contributed by atoms with van der Waals surface area (Å²) in [5.41, 5.74) is 1.52. The lowest BCUT2D eigenvalue weighted by atomic mass is 10.1. The molecular weight excluding hydrogens is 256 g/mol. The molecule has 0 atom stereocenters. The molecule has 102 valence electrons. The number of rotatable bonds is 3. The molecule has 1 aromatic carbocycles. The molecule has 0 N–H and O–H groups in total. The smallest absolute Gasteiger partial charge is 0.270 e. The van der Waals surface area contributed by atoms with E-state index in [-0.39, 0.29) is 5.69 Å². The molecule has 2 heterocycles. The van der Waals surface area contributed by atoms with E-state index in [9.17, 15) is 10.1 Å². The van der Waals surface area contributed by atoms with Crippen LogP contribution in [-0.2, 0) is 0 Å². The van der Waals surface area contributed by atoms with Crippen molar-refractivity contribution in [2.45, 2.75) is 12.8 Å². The van der Waals surface area contributed by atoms with E-state index in [1.165, 1.54) is 12.1 Å². The predicted octanol–water partition coefficient (Wildman–Crippen LogP) is 2.65. The Bertz CT molecular complexity index is 639. The van der Waals surface area contributed by atoms with Gasteiger partial charge in [-0.25, -0.2) is 9.97 Å². The maximum absolute atomic E-state index is 10.8. The third kappa shape index (κ3) is 2.45. The summed E-state index contributed by atoms with van der Waals surface area (Å²) in [6, 6.07) is 8.29. The van der Waals surface area contributed by atoms with Gasteiger partial charge in [0.2, 0.25) is 5.95 Å². The van der Waals surface area contributed by atoms with Crippen LogP contribution in [0.2, 0.25) is 0 Å². The van der Waals surface area contributed by atoms with Crippen LogP contribution in [0.4, 0.5) is 11.6 Å². The Kier molecular flexibility index (Phi) is 3.28. The van der Waals surface area contributed by atoms with E-state index in [1.807, 2.05) is 6.07 Å². The summed E-state index contributed by atoms with van der Waals surface area (Å²) in [7, 11) is 0. The second-order valence-electron chi connectivity index (χ2n) is 4.74. The number of aromatic nitrogens is 2. The van der Waals surface area contributed by atoms with Crippen LogP contribution in [0, 0.1) is 10.1 Å². The molecule has 6 nitrogen and oxygen atoms in total. The zero-order valence-electron chi connectivity index (χ0n) is 10.9. The van der Waals surface area contributed by atoms with Gasteiger partial charge in [0.05, 0.1) is 10.6 Å². The summed E-state index contributed by atoms with van der Waals surface area (Å²) in [6.45, 7) is 1.94. The van der Waals surface area contributed by atoms with Crippen LogP contribution in [0.1, 0.15) is 12.8 Å². The number of hydrogen-bond acceptors (Lipinski definition) is 5. The van der Waals surface area contributed by atoms with E-state index in [2.05, 4.69) is 14.9 Å². The molecule has 0 spiro atoms. The summed E-state index contributed by atoms with van der Waals surface area (Å²) in [4.78, 5) is 21.4. The molecular formula is C14H14N4O2. The zero-order chi connectivity index (χ0) is 13.9. The second-order valence-corrected chi connectivity index (χ2v) is 4.74. The third-order valence-electron chi connectivity index (χ3n) is 3.38. The fraction of sp³-hybridized carbons (Fsp3) is 0.286. The van der Waals surface area contributed by atoms with Crippen molar-refractivity contribution < 1.29 is 4.92 Å². The molecule has 2 aromatic rings. The number of hydrogen-bond donors (Lipinski definition) is 0. The van der Waals surface area contributed by atoms with Crippen molar-refractivity contribution >= 4 is 11.6 Å². The predicted molar refractivity (Wildman–Crippen MR) is 75.6 cm³/mol. The van der Waals surface area contributed by atoms with Gasteiger partial charge in [0.25, 0.3) is 5.69 Å². The average Bonchev–Trinajstić information content (AvgIpc) is 3.02. The first-order valence-corrected chi connectivity index (χ1v) is 6.57. The van der Waals surface area contributed by atoms with Gasteiger partial charge in [-0.3, -0.25) is 10.1 Å². The number of non-ortho nitro benzene ring substituents is 1. The molecule has 20 heavy (non-hydrogen) atoms. The average molecular weight is 270 g/mol. The van der Waals surface area contributed by atoms with Crippen LogP contribution >= 0.6 is 0 Å². The number of anilines is 1. The van der Waals surface area contributed by atoms with Gasteiger partial charge in [-0.15, -0.1) is 0 Å². The van der Waals surface area contributed by atoms with Crippen molar-refractivity contribution in [3.63, 3.8) is 0 Å². The van der Waals surface area contributed by atoms with Crippen LogP contribution in [0.5, 0.6) is 0 Å². The van der Waals surface area contributed by atoms with Crippen molar-refractivity contribution in [3.8, 4) is 11.3 Å². The summed E-state index contributed by atoms with van der Waals surface area (Å²) < 4.78 is 0. The first-order chi connectivity index (χ1) is 9.74. The zero-order valence-corrected chi connectivity index (χ0v) is 10.9. The molecule has 0 aliphatic carbocycles. The highest BCUT2D eigenvalue weighted by molar-refractivity contribution is 5.63. The van der Waals surface area contributed by atoms with Gasteiger partial charge < -0.3 is 4.90 Å². The largest absolute Gasteiger partial charge is 0.341 e. The Labute approximate surface area is 116 Å². The van der Waals surface area contributed by atoms with Crippen molar-refractivity contribution in [2.75, 3.05) is 18.0 Å². The number of nitro groups is 1. The molecule has 0 amide bonds. The maximum atomic E-state index is 10.8. The van der Waals surface area contributed by atoms with Crippen LogP contribution in [0.15, 0.2) is 36.5 Å². The van der Waals surface area contributed by atoms with Gasteiger partial charge in [0, 0.05) is 37.0 Å². The topological polar surface area (TPSA) is 72.2 Å². The normalized spacial score (nSPS) is 14.5. The SMILES string of the molecule is O=[N+]([O-])c1cccc(-c2ccnc(N3CCCC3)n2)c1. The fourth-order valence-corrected chi connectivity index (χ4v) is 2.36. The van der Waals surface area contributed by atoms with E-state index in [1.54, 1.807) is 18.3 Å². The lowest BCUT2D eigenvalue weighted by Crippen LogP contribution is -2.20. The van der Waals surface area contributed by atoms with Crippen molar-refractivity contribution in [3.05, 3.63) is 46.6 Å². The van der Waals surface area contributed by atoms with Gasteiger partial charge in [-0.1, -0.05) is 12.1 Å². The Balaban J connectivity index is 1.95. The molecule has 0 unspecified atom stereocenters. The summed E-state index contributed by atoms with van der Waals surface area (Å²) in [5, 5.41) is 10.8. The summed E-state index contributed by atoms with van der Waals surface area (Å²) in [6.07, 6.45) is 4.02. The van der Waals surface area contributed by atoms with Gasteiger partial charge in [0.15, 0.2) is 0 Å². The molecule has 1 aliphatic rings. The van der Waals surface area contributed by atoms with Gasteiger partial charge in [-0.05, 0) is 18.9 Å². The minimum Gasteiger partial charge on any atom is -0.341 e. The highest BCUT2D eigenvalue weighted by atomic mass is 16.6. The fourth-order valence-electron chi connectivity index (χ4n) is 2.36. The van der Waals surface area contributed by atoms with E-state index in [0.717, 1.165) is 31.5 Å². The molecule has 1 fully saturated rings. The lowest BCUT2D eigenvalue weighted by molar-refractivity contribution is -0.384. The van der Waals surface area contributed by atoms with Crippen molar-refractivity contribution in [1.29, 1.82) is 0 Å². The van der Waals surface area contributed by atoms with E-state index in [0.29, 0.717) is 11.6 Å². The van der Waals surface area contributed by atoms with E-state index in [4.69, 9.17) is 0 Å². The Hall–Kier alpha value is -2.50. The van der Waals surface area contributed by atoms with Crippen molar-refractivity contribution in [2.24, 2.45) is 0 Å². The molecule has 0 radical (unpaired) electrons. The minimum absolute atomic E-state index is 0.0730. The third-order valence-corrected chi connectivity index (χ3v) is 3.38. The Morgan fingerprint density at radius 3 is 2.75 bits per heavy atom. The minimum atomic E-state index is -0.397. The Morgan fingerprint density at radius 2 is 2.00 bits per heavy atom. The molecule has 6 heteroatoms. The quantitative estimate of drug-likeness (QED) is 0.633. The summed E-state index contributed by atoms with van der Waals surface area (Å²) in [5.74, 6) is 0.700. The lowest BCUT2D eigenvalue weighted by Gasteiger charge is -2.15. The van der Waals surface area contributed by atoms with E-state index >= 15 is 0 Å². The monoisotopic (exact) mass is 270 g/mol.